The SMILES string of the molecule is Cc1ccc(C(C)C)c(OCC(=O)NCc2c(C)nn(Cc3ccccc3)c2C)c1. The van der Waals surface area contributed by atoms with Crippen LogP contribution in [0.2, 0.25) is 0 Å². The van der Waals surface area contributed by atoms with Gasteiger partial charge in [-0.1, -0.05) is 56.3 Å². The molecule has 0 spiro atoms. The summed E-state index contributed by atoms with van der Waals surface area (Å²) in [4.78, 5) is 12.4. The van der Waals surface area contributed by atoms with E-state index in [9.17, 15) is 4.79 Å². The van der Waals surface area contributed by atoms with E-state index < -0.39 is 0 Å². The molecule has 0 unspecified atom stereocenters. The molecule has 0 saturated carbocycles. The number of benzene rings is 2. The first-order valence-corrected chi connectivity index (χ1v) is 10.4. The van der Waals surface area contributed by atoms with Crippen molar-refractivity contribution in [2.24, 2.45) is 0 Å². The molecule has 5 nitrogen and oxygen atoms in total. The number of aromatic nitrogens is 2. The van der Waals surface area contributed by atoms with Gasteiger partial charge in [-0.05, 0) is 49.4 Å². The van der Waals surface area contributed by atoms with Gasteiger partial charge in [-0.15, -0.1) is 0 Å². The molecular formula is C25H31N3O2. The van der Waals surface area contributed by atoms with Crippen LogP contribution in [0.3, 0.4) is 0 Å². The van der Waals surface area contributed by atoms with Crippen LogP contribution >= 0.6 is 0 Å². The van der Waals surface area contributed by atoms with Crippen molar-refractivity contribution in [3.63, 3.8) is 0 Å². The smallest absolute Gasteiger partial charge is 0.258 e. The number of ether oxygens (including phenoxy) is 1. The molecule has 1 N–H and O–H groups in total. The first-order chi connectivity index (χ1) is 14.3. The summed E-state index contributed by atoms with van der Waals surface area (Å²) in [6.07, 6.45) is 0. The van der Waals surface area contributed by atoms with Crippen molar-refractivity contribution in [3.05, 3.63) is 82.2 Å². The van der Waals surface area contributed by atoms with E-state index in [-0.39, 0.29) is 12.5 Å². The highest BCUT2D eigenvalue weighted by Crippen LogP contribution is 2.27. The second kappa shape index (κ2) is 9.61. The van der Waals surface area contributed by atoms with Gasteiger partial charge < -0.3 is 10.1 Å². The number of nitrogens with zero attached hydrogens (tertiary/aromatic N) is 2. The van der Waals surface area contributed by atoms with Crippen molar-refractivity contribution in [2.45, 2.75) is 53.6 Å². The maximum atomic E-state index is 12.4. The zero-order chi connectivity index (χ0) is 21.7. The van der Waals surface area contributed by atoms with Crippen molar-refractivity contribution in [2.75, 3.05) is 6.61 Å². The summed E-state index contributed by atoms with van der Waals surface area (Å²) in [5.41, 5.74) is 6.49. The highest BCUT2D eigenvalue weighted by atomic mass is 16.5. The Kier molecular flexibility index (Phi) is 6.93. The van der Waals surface area contributed by atoms with E-state index in [0.29, 0.717) is 12.5 Å². The van der Waals surface area contributed by atoms with E-state index in [2.05, 4.69) is 48.5 Å². The quantitative estimate of drug-likeness (QED) is 0.592. The van der Waals surface area contributed by atoms with E-state index in [4.69, 9.17) is 4.74 Å². The fourth-order valence-electron chi connectivity index (χ4n) is 3.52. The molecule has 0 radical (unpaired) electrons. The Bertz CT molecular complexity index is 1010. The average molecular weight is 406 g/mol. The second-order valence-corrected chi connectivity index (χ2v) is 8.05. The second-order valence-electron chi connectivity index (χ2n) is 8.05. The highest BCUT2D eigenvalue weighted by molar-refractivity contribution is 5.77. The summed E-state index contributed by atoms with van der Waals surface area (Å²) in [7, 11) is 0. The average Bonchev–Trinajstić information content (AvgIpc) is 2.98. The van der Waals surface area contributed by atoms with Gasteiger partial charge in [0, 0.05) is 17.8 Å². The molecule has 0 aliphatic carbocycles. The summed E-state index contributed by atoms with van der Waals surface area (Å²) in [6, 6.07) is 16.4. The number of amides is 1. The molecular weight excluding hydrogens is 374 g/mol. The third-order valence-electron chi connectivity index (χ3n) is 5.32. The molecule has 3 aromatic rings. The topological polar surface area (TPSA) is 56.1 Å². The van der Waals surface area contributed by atoms with Crippen LogP contribution in [-0.4, -0.2) is 22.3 Å². The molecule has 0 bridgehead atoms. The van der Waals surface area contributed by atoms with Gasteiger partial charge in [-0.25, -0.2) is 0 Å². The molecule has 30 heavy (non-hydrogen) atoms. The van der Waals surface area contributed by atoms with E-state index in [0.717, 1.165) is 40.4 Å². The van der Waals surface area contributed by atoms with Gasteiger partial charge in [0.25, 0.3) is 5.91 Å². The maximum Gasteiger partial charge on any atom is 0.258 e. The molecule has 1 heterocycles. The molecule has 0 saturated heterocycles. The summed E-state index contributed by atoms with van der Waals surface area (Å²) in [5.74, 6) is 0.980. The zero-order valence-electron chi connectivity index (χ0n) is 18.5. The van der Waals surface area contributed by atoms with Gasteiger partial charge in [-0.2, -0.15) is 5.10 Å². The Hall–Kier alpha value is -3.08. The first-order valence-electron chi connectivity index (χ1n) is 10.4. The summed E-state index contributed by atoms with van der Waals surface area (Å²) in [5, 5.41) is 7.63. The lowest BCUT2D eigenvalue weighted by molar-refractivity contribution is -0.123. The van der Waals surface area contributed by atoms with Gasteiger partial charge in [-0.3, -0.25) is 9.48 Å². The van der Waals surface area contributed by atoms with Gasteiger partial charge >= 0.3 is 0 Å². The van der Waals surface area contributed by atoms with Crippen molar-refractivity contribution in [1.29, 1.82) is 0 Å². The zero-order valence-corrected chi connectivity index (χ0v) is 18.5. The van der Waals surface area contributed by atoms with Crippen molar-refractivity contribution >= 4 is 5.91 Å². The van der Waals surface area contributed by atoms with E-state index in [1.54, 1.807) is 0 Å². The lowest BCUT2D eigenvalue weighted by Gasteiger charge is -2.15. The normalized spacial score (nSPS) is 11.0. The Morgan fingerprint density at radius 3 is 2.53 bits per heavy atom. The monoisotopic (exact) mass is 405 g/mol. The summed E-state index contributed by atoms with van der Waals surface area (Å²) >= 11 is 0. The Morgan fingerprint density at radius 2 is 1.83 bits per heavy atom. The van der Waals surface area contributed by atoms with Crippen LogP contribution in [0.4, 0.5) is 0 Å². The number of carbonyl (C=O) groups excluding carboxylic acids is 1. The van der Waals surface area contributed by atoms with Crippen LogP contribution in [0.5, 0.6) is 5.75 Å². The maximum absolute atomic E-state index is 12.4. The van der Waals surface area contributed by atoms with E-state index in [1.165, 1.54) is 5.56 Å². The molecule has 1 amide bonds. The lowest BCUT2D eigenvalue weighted by Crippen LogP contribution is -2.29. The number of hydrogen-bond donors (Lipinski definition) is 1. The summed E-state index contributed by atoms with van der Waals surface area (Å²) < 4.78 is 7.83. The van der Waals surface area contributed by atoms with Gasteiger partial charge in [0.15, 0.2) is 6.61 Å². The number of aryl methyl sites for hydroxylation is 2. The Labute approximate surface area is 179 Å². The van der Waals surface area contributed by atoms with Gasteiger partial charge in [0.1, 0.15) is 5.75 Å². The summed E-state index contributed by atoms with van der Waals surface area (Å²) in [6.45, 7) is 11.5. The van der Waals surface area contributed by atoms with Crippen LogP contribution in [0.1, 0.15) is 53.4 Å². The number of nitrogens with one attached hydrogen (secondary N) is 1. The van der Waals surface area contributed by atoms with Crippen LogP contribution in [0.25, 0.3) is 0 Å². The minimum Gasteiger partial charge on any atom is -0.483 e. The molecule has 0 aliphatic heterocycles. The third kappa shape index (κ3) is 5.29. The fraction of sp³-hybridized carbons (Fsp3) is 0.360. The van der Waals surface area contributed by atoms with Crippen LogP contribution in [0, 0.1) is 20.8 Å². The molecule has 0 fully saturated rings. The van der Waals surface area contributed by atoms with Gasteiger partial charge in [0.05, 0.1) is 12.2 Å². The predicted octanol–water partition coefficient (Wildman–Crippen LogP) is 4.68. The minimum absolute atomic E-state index is 0.000574. The largest absolute Gasteiger partial charge is 0.483 e. The van der Waals surface area contributed by atoms with Crippen LogP contribution in [-0.2, 0) is 17.9 Å². The molecule has 5 heteroatoms. The lowest BCUT2D eigenvalue weighted by atomic mass is 10.0. The van der Waals surface area contributed by atoms with Crippen molar-refractivity contribution < 1.29 is 9.53 Å². The Morgan fingerprint density at radius 1 is 1.10 bits per heavy atom. The van der Waals surface area contributed by atoms with Crippen LogP contribution < -0.4 is 10.1 Å². The standard InChI is InChI=1S/C25H31N3O2/c1-17(2)22-12-11-18(3)13-24(22)30-16-25(29)26-14-23-19(4)27-28(20(23)5)15-21-9-7-6-8-10-21/h6-13,17H,14-16H2,1-5H3,(H,26,29). The molecule has 2 aromatic carbocycles. The molecule has 158 valence electrons. The van der Waals surface area contributed by atoms with Crippen molar-refractivity contribution in [3.8, 4) is 5.75 Å². The fourth-order valence-corrected chi connectivity index (χ4v) is 3.52. The Balaban J connectivity index is 1.60. The molecule has 1 aromatic heterocycles. The van der Waals surface area contributed by atoms with E-state index in [1.807, 2.05) is 49.7 Å². The van der Waals surface area contributed by atoms with Crippen molar-refractivity contribution in [1.82, 2.24) is 15.1 Å². The number of hydrogen-bond acceptors (Lipinski definition) is 3. The third-order valence-corrected chi connectivity index (χ3v) is 5.32. The van der Waals surface area contributed by atoms with E-state index >= 15 is 0 Å². The van der Waals surface area contributed by atoms with Crippen LogP contribution in [0.15, 0.2) is 48.5 Å². The predicted molar refractivity (Wildman–Crippen MR) is 120 cm³/mol. The number of carbonyl (C=O) groups is 1. The molecule has 0 aliphatic rings. The molecule has 0 atom stereocenters. The highest BCUT2D eigenvalue weighted by Gasteiger charge is 2.14. The first kappa shape index (κ1) is 21.6. The number of rotatable bonds is 8. The minimum atomic E-state index is -0.138. The molecule has 3 rings (SSSR count). The van der Waals surface area contributed by atoms with Gasteiger partial charge in [0.2, 0.25) is 0 Å².